The second-order valence-corrected chi connectivity index (χ2v) is 41.9. The van der Waals surface area contributed by atoms with Crippen LogP contribution in [0.4, 0.5) is 0 Å². The van der Waals surface area contributed by atoms with Crippen molar-refractivity contribution in [3.8, 4) is 23.0 Å². The highest BCUT2D eigenvalue weighted by Gasteiger charge is 2.46. The molecule has 8 aromatic carbocycles. The quantitative estimate of drug-likeness (QED) is 0.0432. The largest absolute Gasteiger partial charge is 0.489 e. The van der Waals surface area contributed by atoms with Gasteiger partial charge in [0.15, 0.2) is 23.1 Å². The first-order chi connectivity index (χ1) is 68.2. The summed E-state index contributed by atoms with van der Waals surface area (Å²) in [6.45, 7) is 27.7. The third-order valence-electron chi connectivity index (χ3n) is 31.3. The molecule has 4 unspecified atom stereocenters. The van der Waals surface area contributed by atoms with Gasteiger partial charge in [0, 0.05) is 117 Å². The van der Waals surface area contributed by atoms with Gasteiger partial charge in [-0.15, -0.1) is 0 Å². The van der Waals surface area contributed by atoms with Gasteiger partial charge in [-0.25, -0.2) is 0 Å². The van der Waals surface area contributed by atoms with Crippen molar-refractivity contribution < 1.29 is 81.2 Å². The molecule has 25 nitrogen and oxygen atoms in total. The number of rotatable bonds is 27. The lowest BCUT2D eigenvalue weighted by molar-refractivity contribution is -0.134. The fourth-order valence-electron chi connectivity index (χ4n) is 22.2. The van der Waals surface area contributed by atoms with E-state index in [0.717, 1.165) is 127 Å². The second kappa shape index (κ2) is 45.9. The number of benzene rings is 8. The number of ketones is 8. The summed E-state index contributed by atoms with van der Waals surface area (Å²) in [5, 5.41) is 0. The van der Waals surface area contributed by atoms with Crippen LogP contribution in [0, 0.1) is 23.2 Å². The monoisotopic (exact) mass is 1910 g/mol. The van der Waals surface area contributed by atoms with E-state index < -0.39 is 24.2 Å². The minimum absolute atomic E-state index is 0.0356. The molecule has 4 atom stereocenters. The van der Waals surface area contributed by atoms with Crippen molar-refractivity contribution in [2.75, 3.05) is 59.5 Å². The van der Waals surface area contributed by atoms with Crippen LogP contribution < -0.4 is 18.9 Å². The van der Waals surface area contributed by atoms with Gasteiger partial charge in [0.25, 0.3) is 23.6 Å². The molecule has 25 heteroatoms. The molecule has 4 aliphatic carbocycles. The zero-order valence-electron chi connectivity index (χ0n) is 82.8. The summed E-state index contributed by atoms with van der Waals surface area (Å²) in [5.74, 6) is 3.86. The van der Waals surface area contributed by atoms with Gasteiger partial charge in [0.2, 0.25) is 0 Å². The average molecular weight is 1910 g/mol. The molecule has 8 aromatic rings. The van der Waals surface area contributed by atoms with Gasteiger partial charge in [-0.2, -0.15) is 0 Å². The van der Waals surface area contributed by atoms with Crippen LogP contribution in [0.25, 0.3) is 0 Å². The molecule has 8 fully saturated rings. The lowest BCUT2D eigenvalue weighted by atomic mass is 9.82. The Hall–Kier alpha value is -12.0. The van der Waals surface area contributed by atoms with E-state index in [9.17, 15) is 57.5 Å². The molecule has 4 amide bonds. The Labute approximate surface area is 828 Å². The summed E-state index contributed by atoms with van der Waals surface area (Å²) < 4.78 is 30.0. The average Bonchev–Trinajstić information content (AvgIpc) is 1.64. The van der Waals surface area contributed by atoms with Gasteiger partial charge in [0.05, 0.1) is 82.1 Å². The Bertz CT molecular complexity index is 5720. The fourth-order valence-corrected chi connectivity index (χ4v) is 22.2. The number of nitrogens with zero attached hydrogens (tertiary/aromatic N) is 8. The Morgan fingerprint density at radius 2 is 0.560 bits per heavy atom. The second-order valence-electron chi connectivity index (χ2n) is 41.9. The maximum Gasteiger partial charge on any atom is 0.255 e. The molecule has 12 aliphatic rings. The van der Waals surface area contributed by atoms with Crippen molar-refractivity contribution in [1.29, 1.82) is 0 Å². The summed E-state index contributed by atoms with van der Waals surface area (Å²) in [5.41, 5.74) is 15.6. The minimum atomic E-state index is -0.520. The predicted octanol–water partition coefficient (Wildman–Crippen LogP) is 17.4. The van der Waals surface area contributed by atoms with Gasteiger partial charge in [-0.05, 0) is 233 Å². The van der Waals surface area contributed by atoms with E-state index in [2.05, 4.69) is 151 Å². The standard InChI is InChI=1S/C30H36N2O4.2C29H34N2O4.C28H32N2O5/c1-20(2)23-12-14-31(15-13-23)17-21-6-8-22(9-7-21)19-36-29-5-3-4-25-26(29)18-32(30(25)35)27-11-10-24(33)16-28(27)34;1-29(2)12-14-30(15-13-29)17-20-6-8-21(9-7-20)19-35-27-5-3-4-23-24(27)18-31(28(23)34)25-11-10-22(32)16-26(25)33;1-2-20-12-14-30(15-13-20)17-21-6-8-22(9-7-21)19-35-28-5-3-4-24-25(28)18-31(29(24)34)26-11-10-23(32)16-27(26)33;1-34-22-11-13-29(14-12-22)16-19-5-7-20(8-6-19)18-35-27-4-2-3-23-24(27)17-30(28(23)33)25-10-9-21(31)15-26(25)32/h3-9,20,23,27H,10-19H2,1-2H3;3-9,25H,10-19H2,1-2H3;3-9,20,26H,2,10-19H2,1H3;2-8,22,25H,9-18H2,1H3. The number of methoxy groups -OCH3 is 1. The van der Waals surface area contributed by atoms with Crippen LogP contribution in [-0.2, 0) is 122 Å². The van der Waals surface area contributed by atoms with E-state index in [4.69, 9.17) is 23.7 Å². The van der Waals surface area contributed by atoms with Crippen molar-refractivity contribution >= 4 is 69.9 Å². The van der Waals surface area contributed by atoms with E-state index in [1.54, 1.807) is 51.0 Å². The van der Waals surface area contributed by atoms with Crippen LogP contribution in [0.1, 0.15) is 278 Å². The van der Waals surface area contributed by atoms with Crippen molar-refractivity contribution in [2.24, 2.45) is 23.2 Å². The van der Waals surface area contributed by atoms with Crippen molar-refractivity contribution in [3.63, 3.8) is 0 Å². The van der Waals surface area contributed by atoms with Crippen LogP contribution >= 0.6 is 0 Å². The smallest absolute Gasteiger partial charge is 0.255 e. The van der Waals surface area contributed by atoms with Crippen LogP contribution in [-0.4, -0.2) is 199 Å². The molecule has 8 aliphatic heterocycles. The summed E-state index contributed by atoms with van der Waals surface area (Å²) in [7, 11) is 1.79. The van der Waals surface area contributed by atoms with E-state index in [0.29, 0.717) is 161 Å². The lowest BCUT2D eigenvalue weighted by Crippen LogP contribution is -2.44. The van der Waals surface area contributed by atoms with Crippen LogP contribution in [0.2, 0.25) is 0 Å². The number of hydrogen-bond donors (Lipinski definition) is 0. The van der Waals surface area contributed by atoms with Gasteiger partial charge >= 0.3 is 0 Å². The molecule has 20 rings (SSSR count). The zero-order valence-corrected chi connectivity index (χ0v) is 82.8. The molecule has 4 saturated carbocycles. The predicted molar refractivity (Wildman–Crippen MR) is 534 cm³/mol. The molecule has 0 bridgehead atoms. The Morgan fingerprint density at radius 3 is 0.809 bits per heavy atom. The van der Waals surface area contributed by atoms with E-state index in [-0.39, 0.29) is 95.6 Å². The summed E-state index contributed by atoms with van der Waals surface area (Å²) in [6, 6.07) is 54.2. The van der Waals surface area contributed by atoms with Crippen molar-refractivity contribution in [3.05, 3.63) is 259 Å². The number of piperidine rings is 4. The van der Waals surface area contributed by atoms with E-state index in [1.807, 2.05) is 48.5 Å². The molecule has 0 radical (unpaired) electrons. The summed E-state index contributed by atoms with van der Waals surface area (Å²) in [6.07, 6.45) is 14.3. The van der Waals surface area contributed by atoms with E-state index >= 15 is 0 Å². The number of carbonyl (C=O) groups excluding carboxylic acids is 12. The lowest BCUT2D eigenvalue weighted by Gasteiger charge is -2.36. The zero-order chi connectivity index (χ0) is 98.5. The highest BCUT2D eigenvalue weighted by atomic mass is 16.5. The molecule has 141 heavy (non-hydrogen) atoms. The third kappa shape index (κ3) is 24.8. The normalized spacial score (nSPS) is 21.7. The number of carbonyl (C=O) groups is 12. The molecule has 8 heterocycles. The number of Topliss-reactive ketones (excluding diaryl/α,β-unsaturated/α-hetero) is 8. The molecular weight excluding hydrogens is 1780 g/mol. The van der Waals surface area contributed by atoms with Gasteiger partial charge in [0.1, 0.15) is 72.6 Å². The minimum Gasteiger partial charge on any atom is -0.489 e. The molecule has 0 spiro atoms. The van der Waals surface area contributed by atoms with Crippen molar-refractivity contribution in [2.45, 2.75) is 279 Å². The third-order valence-corrected chi connectivity index (χ3v) is 31.3. The number of likely N-dealkylation sites (tertiary alicyclic amines) is 4. The number of fused-ring (bicyclic) bond motifs is 4. The molecule has 742 valence electrons. The molecular formula is C116H136N8O17. The summed E-state index contributed by atoms with van der Waals surface area (Å²) in [4.78, 5) is 165. The number of hydrogen-bond acceptors (Lipinski definition) is 21. The first-order valence-corrected chi connectivity index (χ1v) is 51.3. The topological polar surface area (TPSA) is 277 Å². The molecule has 4 saturated heterocycles. The first kappa shape index (κ1) is 101. The van der Waals surface area contributed by atoms with E-state index in [1.165, 1.54) is 93.4 Å². The SMILES string of the molecule is CC(C)C1CCN(Cc2ccc(COc3cccc4c3CN(C3CCC(=O)CC3=O)C4=O)cc2)CC1.CC1(C)CCN(Cc2ccc(COc3cccc4c3CN(C3CCC(=O)CC3=O)C4=O)cc2)CC1.CCC1CCN(Cc2ccc(COc3cccc4c3CN(C3CCC(=O)CC3=O)C4=O)cc2)CC1.COC1CCN(Cc2ccc(COc3cccc4c3CN(C3CCC(=O)CC3=O)C4=O)cc2)CC1. The van der Waals surface area contributed by atoms with Crippen LogP contribution in [0.3, 0.4) is 0 Å². The molecule has 0 N–H and O–H groups in total. The van der Waals surface area contributed by atoms with Crippen LogP contribution in [0.5, 0.6) is 23.0 Å². The highest BCUT2D eigenvalue weighted by Crippen LogP contribution is 2.42. The number of ether oxygens (including phenoxy) is 5. The maximum atomic E-state index is 13.0. The van der Waals surface area contributed by atoms with Gasteiger partial charge < -0.3 is 43.3 Å². The Balaban J connectivity index is 0.000000130. The van der Waals surface area contributed by atoms with Gasteiger partial charge in [-0.1, -0.05) is 162 Å². The maximum absolute atomic E-state index is 13.0. The van der Waals surface area contributed by atoms with Gasteiger partial charge in [-0.3, -0.25) is 77.1 Å². The van der Waals surface area contributed by atoms with Crippen LogP contribution in [0.15, 0.2) is 170 Å². The number of amides is 4. The first-order valence-electron chi connectivity index (χ1n) is 51.3. The highest BCUT2D eigenvalue weighted by molar-refractivity contribution is 6.11. The van der Waals surface area contributed by atoms with Crippen molar-refractivity contribution in [1.82, 2.24) is 39.2 Å². The molecule has 0 aromatic heterocycles. The fraction of sp³-hybridized carbons (Fsp3) is 0.483. The summed E-state index contributed by atoms with van der Waals surface area (Å²) >= 11 is 0. The Kier molecular flexibility index (Phi) is 32.7. The Morgan fingerprint density at radius 1 is 0.312 bits per heavy atom.